The maximum atomic E-state index is 13.1. The molecule has 0 N–H and O–H groups in total. The van der Waals surface area contributed by atoms with Crippen molar-refractivity contribution in [3.63, 3.8) is 0 Å². The molecule has 1 heterocycles. The van der Waals surface area contributed by atoms with E-state index in [1.54, 1.807) is 61.5 Å². The lowest BCUT2D eigenvalue weighted by Crippen LogP contribution is -2.35. The van der Waals surface area contributed by atoms with Gasteiger partial charge in [-0.15, -0.1) is 0 Å². The Kier molecular flexibility index (Phi) is 10.6. The third-order valence-corrected chi connectivity index (χ3v) is 3.24. The van der Waals surface area contributed by atoms with E-state index in [0.29, 0.717) is 18.8 Å². The summed E-state index contributed by atoms with van der Waals surface area (Å²) in [6.45, 7) is 16.5. The fraction of sp³-hybridized carbons (Fsp3) is 0.714. The third-order valence-electron chi connectivity index (χ3n) is 3.24. The van der Waals surface area contributed by atoms with E-state index in [-0.39, 0.29) is 5.83 Å². The molecule has 0 unspecified atom stereocenters. The van der Waals surface area contributed by atoms with Crippen LogP contribution in [-0.2, 0) is 28.5 Å². The van der Waals surface area contributed by atoms with Gasteiger partial charge in [0.1, 0.15) is 17.0 Å². The van der Waals surface area contributed by atoms with Crippen LogP contribution in [0.3, 0.4) is 0 Å². The predicted molar refractivity (Wildman–Crippen MR) is 105 cm³/mol. The molecule has 0 aromatic heterocycles. The van der Waals surface area contributed by atoms with Crippen LogP contribution in [0.15, 0.2) is 23.6 Å². The first kappa shape index (κ1) is 26.3. The van der Waals surface area contributed by atoms with Crippen molar-refractivity contribution in [1.29, 1.82) is 0 Å². The zero-order chi connectivity index (χ0) is 22.1. The molecule has 0 amide bonds. The van der Waals surface area contributed by atoms with Gasteiger partial charge >= 0.3 is 11.9 Å². The molecule has 6 nitrogen and oxygen atoms in total. The maximum absolute atomic E-state index is 13.1. The Labute approximate surface area is 168 Å². The highest BCUT2D eigenvalue weighted by Crippen LogP contribution is 2.22. The van der Waals surface area contributed by atoms with Crippen LogP contribution in [0.5, 0.6) is 0 Å². The van der Waals surface area contributed by atoms with Crippen LogP contribution < -0.4 is 0 Å². The lowest BCUT2D eigenvalue weighted by Gasteiger charge is -2.24. The van der Waals surface area contributed by atoms with E-state index < -0.39 is 35.3 Å². The van der Waals surface area contributed by atoms with Gasteiger partial charge in [0, 0.05) is 5.57 Å². The molecule has 0 saturated carbocycles. The summed E-state index contributed by atoms with van der Waals surface area (Å²) >= 11 is 0. The van der Waals surface area contributed by atoms with Crippen LogP contribution >= 0.6 is 0 Å². The monoisotopic (exact) mass is 402 g/mol. The van der Waals surface area contributed by atoms with E-state index in [0.717, 1.165) is 0 Å². The van der Waals surface area contributed by atoms with Gasteiger partial charge in [-0.1, -0.05) is 12.2 Å². The van der Waals surface area contributed by atoms with E-state index in [2.05, 4.69) is 0 Å². The maximum Gasteiger partial charge on any atom is 0.320 e. The van der Waals surface area contributed by atoms with E-state index >= 15 is 0 Å². The molecule has 0 radical (unpaired) electrons. The summed E-state index contributed by atoms with van der Waals surface area (Å²) in [6, 6.07) is 0. The normalized spacial score (nSPS) is 16.5. The van der Waals surface area contributed by atoms with Gasteiger partial charge < -0.3 is 18.9 Å². The summed E-state index contributed by atoms with van der Waals surface area (Å²) in [5.41, 5.74) is -0.698. The molecule has 0 spiro atoms. The summed E-state index contributed by atoms with van der Waals surface area (Å²) < 4.78 is 33.6. The van der Waals surface area contributed by atoms with Crippen molar-refractivity contribution in [3.05, 3.63) is 23.6 Å². The van der Waals surface area contributed by atoms with Crippen molar-refractivity contribution in [2.45, 2.75) is 79.8 Å². The van der Waals surface area contributed by atoms with Crippen LogP contribution in [0, 0.1) is 5.92 Å². The number of allylic oxidation sites excluding steroid dienone is 2. The van der Waals surface area contributed by atoms with Crippen LogP contribution in [0.2, 0.25) is 0 Å². The van der Waals surface area contributed by atoms with Crippen molar-refractivity contribution < 1.29 is 32.9 Å². The molecule has 1 aliphatic rings. The van der Waals surface area contributed by atoms with Gasteiger partial charge in [-0.2, -0.15) is 0 Å². The smallest absolute Gasteiger partial charge is 0.320 e. The topological polar surface area (TPSA) is 71.1 Å². The quantitative estimate of drug-likeness (QED) is 0.392. The summed E-state index contributed by atoms with van der Waals surface area (Å²) in [4.78, 5) is 23.1. The molecule has 0 aromatic carbocycles. The average molecular weight is 403 g/mol. The summed E-state index contributed by atoms with van der Waals surface area (Å²) in [5.74, 6) is -2.27. The first-order valence-electron chi connectivity index (χ1n) is 9.39. The minimum absolute atomic E-state index is 0.274. The molecule has 1 aliphatic heterocycles. The Bertz CT molecular complexity index is 547. The van der Waals surface area contributed by atoms with Gasteiger partial charge in [0.2, 0.25) is 0 Å². The minimum Gasteiger partial charge on any atom is -0.459 e. The molecule has 0 aromatic rings. The Morgan fingerprint density at radius 3 is 1.61 bits per heavy atom. The number of hydrogen-bond acceptors (Lipinski definition) is 6. The van der Waals surface area contributed by atoms with E-state index in [1.165, 1.54) is 13.0 Å². The highest BCUT2D eigenvalue weighted by Gasteiger charge is 2.30. The van der Waals surface area contributed by atoms with Crippen molar-refractivity contribution >= 4 is 11.9 Å². The molecule has 1 rings (SSSR count). The van der Waals surface area contributed by atoms with Crippen molar-refractivity contribution in [2.75, 3.05) is 13.2 Å². The SMILES string of the molecule is C/C=C(\C(F)=C/C)C1OCCO1.CC(C(=O)OC(C)(C)C)C(=O)OC(C)(C)C. The van der Waals surface area contributed by atoms with Crippen LogP contribution in [0.1, 0.15) is 62.3 Å². The largest absolute Gasteiger partial charge is 0.459 e. The standard InChI is InChI=1S/C12H22O4.C9H13FO2/c1-8(9(13)15-11(2,3)4)10(14)16-12(5,6)7;1-3-7(8(10)4-2)9-11-5-6-12-9/h8H,1-7H3;3-4,9H,5-6H2,1-2H3/b;7-3+,8-4+. The second kappa shape index (κ2) is 11.3. The Morgan fingerprint density at radius 2 is 1.32 bits per heavy atom. The van der Waals surface area contributed by atoms with Gasteiger partial charge in [-0.05, 0) is 62.3 Å². The molecular formula is C21H35FO6. The zero-order valence-electron chi connectivity index (χ0n) is 18.6. The molecule has 1 fully saturated rings. The van der Waals surface area contributed by atoms with Crippen LogP contribution in [-0.4, -0.2) is 42.6 Å². The molecule has 1 saturated heterocycles. The number of carbonyl (C=O) groups excluding carboxylic acids is 2. The number of carbonyl (C=O) groups is 2. The third kappa shape index (κ3) is 10.6. The molecule has 0 atom stereocenters. The van der Waals surface area contributed by atoms with E-state index in [4.69, 9.17) is 18.9 Å². The Hall–Kier alpha value is -1.73. The van der Waals surface area contributed by atoms with Crippen LogP contribution in [0.4, 0.5) is 4.39 Å². The predicted octanol–water partition coefficient (Wildman–Crippen LogP) is 4.48. The van der Waals surface area contributed by atoms with Gasteiger partial charge in [0.05, 0.1) is 13.2 Å². The summed E-state index contributed by atoms with van der Waals surface area (Å²) in [7, 11) is 0. The van der Waals surface area contributed by atoms with Gasteiger partial charge in [0.25, 0.3) is 0 Å². The second-order valence-electron chi connectivity index (χ2n) is 8.24. The first-order chi connectivity index (χ1) is 12.7. The van der Waals surface area contributed by atoms with Gasteiger partial charge in [-0.25, -0.2) is 4.39 Å². The molecule has 28 heavy (non-hydrogen) atoms. The highest BCUT2D eigenvalue weighted by molar-refractivity contribution is 5.94. The van der Waals surface area contributed by atoms with Crippen molar-refractivity contribution in [2.24, 2.45) is 5.92 Å². The van der Waals surface area contributed by atoms with Gasteiger partial charge in [-0.3, -0.25) is 9.59 Å². The second-order valence-corrected chi connectivity index (χ2v) is 8.24. The number of esters is 2. The van der Waals surface area contributed by atoms with Crippen LogP contribution in [0.25, 0.3) is 0 Å². The summed E-state index contributed by atoms with van der Waals surface area (Å²) in [6.07, 6.45) is 2.57. The molecule has 7 heteroatoms. The first-order valence-corrected chi connectivity index (χ1v) is 9.39. The molecule has 0 aliphatic carbocycles. The number of hydrogen-bond donors (Lipinski definition) is 0. The lowest BCUT2D eigenvalue weighted by molar-refractivity contribution is -0.173. The number of ether oxygens (including phenoxy) is 4. The number of halogens is 1. The Balaban J connectivity index is 0.000000540. The Morgan fingerprint density at radius 1 is 0.929 bits per heavy atom. The minimum atomic E-state index is -0.890. The molecular weight excluding hydrogens is 367 g/mol. The van der Waals surface area contributed by atoms with E-state index in [9.17, 15) is 14.0 Å². The summed E-state index contributed by atoms with van der Waals surface area (Å²) in [5, 5.41) is 0. The van der Waals surface area contributed by atoms with Crippen molar-refractivity contribution in [1.82, 2.24) is 0 Å². The van der Waals surface area contributed by atoms with E-state index in [1.807, 2.05) is 0 Å². The van der Waals surface area contributed by atoms with Gasteiger partial charge in [0.15, 0.2) is 12.2 Å². The van der Waals surface area contributed by atoms with Crippen molar-refractivity contribution in [3.8, 4) is 0 Å². The number of rotatable bonds is 4. The molecule has 0 bridgehead atoms. The molecule has 162 valence electrons. The average Bonchev–Trinajstić information content (AvgIpc) is 3.06. The zero-order valence-corrected chi connectivity index (χ0v) is 18.6. The fourth-order valence-electron chi connectivity index (χ4n) is 1.97. The lowest BCUT2D eigenvalue weighted by atomic mass is 10.1. The highest BCUT2D eigenvalue weighted by atomic mass is 19.1. The fourth-order valence-corrected chi connectivity index (χ4v) is 1.97.